The van der Waals surface area contributed by atoms with Gasteiger partial charge < -0.3 is 10.1 Å². The third-order valence-electron chi connectivity index (χ3n) is 5.96. The second-order valence-electron chi connectivity index (χ2n) is 9.08. The number of amides is 1. The molecule has 176 valence electrons. The first kappa shape index (κ1) is 23.5. The molecule has 0 spiro atoms. The Morgan fingerprint density at radius 3 is 2.41 bits per heavy atom. The zero-order valence-corrected chi connectivity index (χ0v) is 20.8. The van der Waals surface area contributed by atoms with Crippen LogP contribution in [0, 0.1) is 41.5 Å². The van der Waals surface area contributed by atoms with Crippen molar-refractivity contribution in [1.82, 2.24) is 14.8 Å². The van der Waals surface area contributed by atoms with E-state index in [1.807, 2.05) is 51.1 Å². The Labute approximate surface area is 201 Å². The van der Waals surface area contributed by atoms with Crippen LogP contribution in [0.4, 0.5) is 5.82 Å². The minimum absolute atomic E-state index is 0.0735. The highest BCUT2D eigenvalue weighted by Crippen LogP contribution is 2.26. The van der Waals surface area contributed by atoms with Gasteiger partial charge in [0, 0.05) is 17.9 Å². The molecular formula is C28H32N4O2. The minimum Gasteiger partial charge on any atom is -0.493 e. The summed E-state index contributed by atoms with van der Waals surface area (Å²) in [5.41, 5.74) is 7.44. The summed E-state index contributed by atoms with van der Waals surface area (Å²) in [4.78, 5) is 17.6. The molecule has 4 rings (SSSR count). The lowest BCUT2D eigenvalue weighted by Crippen LogP contribution is -2.16. The van der Waals surface area contributed by atoms with Crippen LogP contribution >= 0.6 is 0 Å². The van der Waals surface area contributed by atoms with Gasteiger partial charge in [-0.25, -0.2) is 4.98 Å². The molecule has 0 fully saturated rings. The maximum Gasteiger partial charge on any atom is 0.225 e. The fraction of sp³-hybridized carbons (Fsp3) is 0.321. The first-order valence-electron chi connectivity index (χ1n) is 11.7. The van der Waals surface area contributed by atoms with Crippen LogP contribution in [0.15, 0.2) is 42.5 Å². The van der Waals surface area contributed by atoms with Crippen LogP contribution in [0.2, 0.25) is 0 Å². The number of anilines is 1. The Balaban J connectivity index is 1.47. The fourth-order valence-electron chi connectivity index (χ4n) is 4.34. The van der Waals surface area contributed by atoms with E-state index in [0.717, 1.165) is 44.6 Å². The highest BCUT2D eigenvalue weighted by molar-refractivity contribution is 5.90. The Kier molecular flexibility index (Phi) is 6.68. The van der Waals surface area contributed by atoms with Crippen LogP contribution in [0.5, 0.6) is 5.75 Å². The van der Waals surface area contributed by atoms with Crippen molar-refractivity contribution in [3.05, 3.63) is 76.0 Å². The quantitative estimate of drug-likeness (QED) is 0.343. The molecule has 0 aliphatic carbocycles. The van der Waals surface area contributed by atoms with Gasteiger partial charge in [0.25, 0.3) is 0 Å². The van der Waals surface area contributed by atoms with Crippen molar-refractivity contribution >= 4 is 22.6 Å². The highest BCUT2D eigenvalue weighted by Gasteiger charge is 2.15. The third kappa shape index (κ3) is 4.96. The Morgan fingerprint density at radius 2 is 1.68 bits per heavy atom. The second kappa shape index (κ2) is 9.67. The van der Waals surface area contributed by atoms with Crippen LogP contribution < -0.4 is 10.1 Å². The average Bonchev–Trinajstić information content (AvgIpc) is 3.13. The van der Waals surface area contributed by atoms with Crippen molar-refractivity contribution < 1.29 is 9.53 Å². The van der Waals surface area contributed by atoms with Gasteiger partial charge in [0.2, 0.25) is 5.91 Å². The number of nitrogens with one attached hydrogen (secondary N) is 1. The van der Waals surface area contributed by atoms with Crippen molar-refractivity contribution in [3.8, 4) is 11.6 Å². The number of benzene rings is 2. The number of hydrogen-bond acceptors (Lipinski definition) is 4. The summed E-state index contributed by atoms with van der Waals surface area (Å²) in [7, 11) is 0. The maximum atomic E-state index is 12.7. The summed E-state index contributed by atoms with van der Waals surface area (Å²) in [5.74, 6) is 2.14. The van der Waals surface area contributed by atoms with E-state index < -0.39 is 0 Å². The van der Waals surface area contributed by atoms with Gasteiger partial charge in [-0.1, -0.05) is 29.8 Å². The SMILES string of the molecule is Cc1cc(C)c2nc(-n3nc(C)cc3NC(=O)CCCOc3c(C)cccc3C)cc(C)c2c1. The lowest BCUT2D eigenvalue weighted by molar-refractivity contribution is -0.116. The molecule has 0 aliphatic heterocycles. The van der Waals surface area contributed by atoms with Gasteiger partial charge in [-0.15, -0.1) is 0 Å². The number of carbonyl (C=O) groups is 1. The molecule has 0 saturated heterocycles. The molecule has 6 heteroatoms. The second-order valence-corrected chi connectivity index (χ2v) is 9.08. The fourth-order valence-corrected chi connectivity index (χ4v) is 4.34. The number of pyridine rings is 1. The van der Waals surface area contributed by atoms with Crippen LogP contribution in [0.3, 0.4) is 0 Å². The summed E-state index contributed by atoms with van der Waals surface area (Å²) in [5, 5.41) is 8.75. The van der Waals surface area contributed by atoms with Crippen LogP contribution in [-0.4, -0.2) is 27.3 Å². The molecule has 0 bridgehead atoms. The highest BCUT2D eigenvalue weighted by atomic mass is 16.5. The van der Waals surface area contributed by atoms with Gasteiger partial charge in [-0.3, -0.25) is 4.79 Å². The summed E-state index contributed by atoms with van der Waals surface area (Å²) in [6.07, 6.45) is 0.982. The number of hydrogen-bond donors (Lipinski definition) is 1. The van der Waals surface area contributed by atoms with Crippen molar-refractivity contribution in [3.63, 3.8) is 0 Å². The van der Waals surface area contributed by atoms with Crippen molar-refractivity contribution in [2.75, 3.05) is 11.9 Å². The Bertz CT molecular complexity index is 1350. The number of nitrogens with zero attached hydrogens (tertiary/aromatic N) is 3. The van der Waals surface area contributed by atoms with Gasteiger partial charge in [0.05, 0.1) is 17.8 Å². The van der Waals surface area contributed by atoms with E-state index in [2.05, 4.69) is 43.3 Å². The van der Waals surface area contributed by atoms with Crippen molar-refractivity contribution in [2.24, 2.45) is 0 Å². The van der Waals surface area contributed by atoms with E-state index >= 15 is 0 Å². The summed E-state index contributed by atoms with van der Waals surface area (Å²) < 4.78 is 7.65. The van der Waals surface area contributed by atoms with Crippen molar-refractivity contribution in [2.45, 2.75) is 54.4 Å². The summed E-state index contributed by atoms with van der Waals surface area (Å²) in [6, 6.07) is 14.3. The van der Waals surface area contributed by atoms with Crippen LogP contribution in [-0.2, 0) is 4.79 Å². The molecule has 6 nitrogen and oxygen atoms in total. The minimum atomic E-state index is -0.0735. The van der Waals surface area contributed by atoms with Gasteiger partial charge in [0.15, 0.2) is 5.82 Å². The molecule has 1 amide bonds. The molecule has 1 N–H and O–H groups in total. The van der Waals surface area contributed by atoms with E-state index in [1.54, 1.807) is 4.68 Å². The molecule has 2 aromatic carbocycles. The number of carbonyl (C=O) groups excluding carboxylic acids is 1. The predicted octanol–water partition coefficient (Wildman–Crippen LogP) is 6.07. The molecule has 4 aromatic rings. The first-order chi connectivity index (χ1) is 16.2. The predicted molar refractivity (Wildman–Crippen MR) is 137 cm³/mol. The Hall–Kier alpha value is -3.67. The molecule has 0 saturated carbocycles. The number of rotatable bonds is 7. The topological polar surface area (TPSA) is 69.0 Å². The number of aryl methyl sites for hydroxylation is 6. The molecule has 0 unspecified atom stereocenters. The monoisotopic (exact) mass is 456 g/mol. The molecule has 34 heavy (non-hydrogen) atoms. The van der Waals surface area contributed by atoms with Gasteiger partial charge in [-0.2, -0.15) is 9.78 Å². The standard InChI is InChI=1S/C28H32N4O2/c1-17-13-21(5)27-23(14-17)20(4)15-24(30-27)32-25(16-22(6)31-32)29-26(33)11-8-12-34-28-18(2)9-7-10-19(28)3/h7,9-10,13-16H,8,11-12H2,1-6H3,(H,29,33). The zero-order valence-electron chi connectivity index (χ0n) is 20.8. The van der Waals surface area contributed by atoms with Gasteiger partial charge in [-0.05, 0) is 82.3 Å². The summed E-state index contributed by atoms with van der Waals surface area (Å²) in [6.45, 7) is 12.7. The van der Waals surface area contributed by atoms with E-state index in [0.29, 0.717) is 31.1 Å². The van der Waals surface area contributed by atoms with Crippen LogP contribution in [0.1, 0.15) is 46.4 Å². The molecule has 0 atom stereocenters. The number of fused-ring (bicyclic) bond motifs is 1. The number of aromatic nitrogens is 3. The zero-order chi connectivity index (χ0) is 24.4. The van der Waals surface area contributed by atoms with Gasteiger partial charge >= 0.3 is 0 Å². The first-order valence-corrected chi connectivity index (χ1v) is 11.7. The van der Waals surface area contributed by atoms with E-state index in [4.69, 9.17) is 9.72 Å². The van der Waals surface area contributed by atoms with E-state index in [1.165, 1.54) is 5.56 Å². The molecule has 0 radical (unpaired) electrons. The largest absolute Gasteiger partial charge is 0.493 e. The van der Waals surface area contributed by atoms with E-state index in [-0.39, 0.29) is 5.91 Å². The lowest BCUT2D eigenvalue weighted by atomic mass is 10.0. The average molecular weight is 457 g/mol. The van der Waals surface area contributed by atoms with Crippen LogP contribution in [0.25, 0.3) is 16.7 Å². The lowest BCUT2D eigenvalue weighted by Gasteiger charge is -2.13. The molecule has 0 aliphatic rings. The summed E-state index contributed by atoms with van der Waals surface area (Å²) >= 11 is 0. The number of para-hydroxylation sites is 1. The normalized spacial score (nSPS) is 11.1. The Morgan fingerprint density at radius 1 is 0.941 bits per heavy atom. The molecule has 2 aromatic heterocycles. The van der Waals surface area contributed by atoms with Crippen molar-refractivity contribution in [1.29, 1.82) is 0 Å². The van der Waals surface area contributed by atoms with E-state index in [9.17, 15) is 4.79 Å². The van der Waals surface area contributed by atoms with Gasteiger partial charge in [0.1, 0.15) is 11.6 Å². The number of ether oxygens (including phenoxy) is 1. The smallest absolute Gasteiger partial charge is 0.225 e. The maximum absolute atomic E-state index is 12.7. The molecule has 2 heterocycles. The molecular weight excluding hydrogens is 424 g/mol. The third-order valence-corrected chi connectivity index (χ3v) is 5.96.